The fourth-order valence-corrected chi connectivity index (χ4v) is 3.21. The molecule has 0 aliphatic heterocycles. The summed E-state index contributed by atoms with van der Waals surface area (Å²) >= 11 is 0. The van der Waals surface area contributed by atoms with Crippen LogP contribution in [0.4, 0.5) is 24.5 Å². The van der Waals surface area contributed by atoms with E-state index in [1.165, 1.54) is 12.1 Å². The van der Waals surface area contributed by atoms with E-state index in [0.29, 0.717) is 17.8 Å². The predicted octanol–water partition coefficient (Wildman–Crippen LogP) is 4.45. The molecule has 1 aliphatic carbocycles. The molecular weight excluding hydrogens is 407 g/mol. The van der Waals surface area contributed by atoms with E-state index in [1.807, 2.05) is 0 Å². The Balaban J connectivity index is 0.00000300. The molecule has 0 heterocycles. The molecule has 9 heteroatoms. The molecule has 2 aromatic carbocycles. The molecular formula is C20H21ClF3N3O2. The van der Waals surface area contributed by atoms with E-state index in [0.717, 1.165) is 25.0 Å². The molecule has 2 amide bonds. The summed E-state index contributed by atoms with van der Waals surface area (Å²) in [5.74, 6) is -0.941. The minimum Gasteiger partial charge on any atom is -0.328 e. The van der Waals surface area contributed by atoms with Crippen molar-refractivity contribution in [2.75, 3.05) is 10.6 Å². The lowest BCUT2D eigenvalue weighted by Gasteiger charge is -2.13. The van der Waals surface area contributed by atoms with Crippen LogP contribution in [0.25, 0.3) is 0 Å². The van der Waals surface area contributed by atoms with E-state index in [9.17, 15) is 22.8 Å². The molecule has 29 heavy (non-hydrogen) atoms. The van der Waals surface area contributed by atoms with Crippen molar-refractivity contribution >= 4 is 35.6 Å². The molecule has 0 saturated heterocycles. The lowest BCUT2D eigenvalue weighted by Crippen LogP contribution is -2.23. The molecule has 2 aromatic rings. The van der Waals surface area contributed by atoms with Gasteiger partial charge in [0.25, 0.3) is 5.91 Å². The molecule has 156 valence electrons. The standard InChI is InChI=1S/C20H20F3N3O2.ClH/c21-20(22,23)14-4-1-3-12(9-14)18(27)25-16-5-2-6-17(11-16)26-19(28)13-7-8-15(24)10-13;/h1-6,9,11,13,15H,7-8,10,24H2,(H,25,27)(H,26,28);1H. The molecule has 2 atom stereocenters. The van der Waals surface area contributed by atoms with Crippen LogP contribution in [0.2, 0.25) is 0 Å². The molecule has 0 radical (unpaired) electrons. The highest BCUT2D eigenvalue weighted by Gasteiger charge is 2.31. The topological polar surface area (TPSA) is 84.2 Å². The van der Waals surface area contributed by atoms with Crippen LogP contribution in [0.3, 0.4) is 0 Å². The summed E-state index contributed by atoms with van der Waals surface area (Å²) in [6.45, 7) is 0. The van der Waals surface area contributed by atoms with Crippen molar-refractivity contribution in [2.45, 2.75) is 31.5 Å². The zero-order valence-corrected chi connectivity index (χ0v) is 16.1. The Hall–Kier alpha value is -2.58. The average Bonchev–Trinajstić information content (AvgIpc) is 3.08. The molecule has 1 saturated carbocycles. The molecule has 1 fully saturated rings. The third kappa shape index (κ3) is 5.95. The fourth-order valence-electron chi connectivity index (χ4n) is 3.21. The van der Waals surface area contributed by atoms with Gasteiger partial charge in [-0.05, 0) is 55.7 Å². The number of alkyl halides is 3. The van der Waals surface area contributed by atoms with Gasteiger partial charge in [0.2, 0.25) is 5.91 Å². The van der Waals surface area contributed by atoms with Gasteiger partial charge < -0.3 is 16.4 Å². The van der Waals surface area contributed by atoms with Gasteiger partial charge in [0.1, 0.15) is 0 Å². The maximum atomic E-state index is 12.8. The molecule has 0 spiro atoms. The molecule has 0 aromatic heterocycles. The van der Waals surface area contributed by atoms with Crippen molar-refractivity contribution in [3.8, 4) is 0 Å². The summed E-state index contributed by atoms with van der Waals surface area (Å²) in [6.07, 6.45) is -2.34. The quantitative estimate of drug-likeness (QED) is 0.674. The van der Waals surface area contributed by atoms with Gasteiger partial charge in [-0.15, -0.1) is 12.4 Å². The van der Waals surface area contributed by atoms with E-state index in [2.05, 4.69) is 10.6 Å². The summed E-state index contributed by atoms with van der Waals surface area (Å²) in [7, 11) is 0. The van der Waals surface area contributed by atoms with Gasteiger partial charge in [-0.2, -0.15) is 13.2 Å². The van der Waals surface area contributed by atoms with E-state index in [1.54, 1.807) is 24.3 Å². The Kier molecular flexibility index (Phi) is 7.26. The van der Waals surface area contributed by atoms with Crippen molar-refractivity contribution in [2.24, 2.45) is 11.7 Å². The van der Waals surface area contributed by atoms with Crippen molar-refractivity contribution in [3.05, 3.63) is 59.7 Å². The maximum absolute atomic E-state index is 12.8. The van der Waals surface area contributed by atoms with Gasteiger partial charge in [0.15, 0.2) is 0 Å². The van der Waals surface area contributed by atoms with Crippen LogP contribution < -0.4 is 16.4 Å². The summed E-state index contributed by atoms with van der Waals surface area (Å²) < 4.78 is 38.4. The van der Waals surface area contributed by atoms with E-state index in [-0.39, 0.29) is 35.8 Å². The molecule has 2 unspecified atom stereocenters. The largest absolute Gasteiger partial charge is 0.416 e. The van der Waals surface area contributed by atoms with E-state index < -0.39 is 17.6 Å². The third-order valence-corrected chi connectivity index (χ3v) is 4.68. The number of carbonyl (C=O) groups excluding carboxylic acids is 2. The van der Waals surface area contributed by atoms with E-state index in [4.69, 9.17) is 5.73 Å². The van der Waals surface area contributed by atoms with Crippen LogP contribution >= 0.6 is 12.4 Å². The second-order valence-corrected chi connectivity index (χ2v) is 6.87. The molecule has 3 rings (SSSR count). The zero-order valence-electron chi connectivity index (χ0n) is 15.3. The average molecular weight is 428 g/mol. The summed E-state index contributed by atoms with van der Waals surface area (Å²) in [5.41, 5.74) is 5.69. The van der Waals surface area contributed by atoms with Crippen LogP contribution in [0.5, 0.6) is 0 Å². The monoisotopic (exact) mass is 427 g/mol. The number of carbonyl (C=O) groups is 2. The normalized spacial score (nSPS) is 18.6. The Morgan fingerprint density at radius 2 is 1.62 bits per heavy atom. The number of rotatable bonds is 4. The summed E-state index contributed by atoms with van der Waals surface area (Å²) in [5, 5.41) is 5.34. The van der Waals surface area contributed by atoms with Gasteiger partial charge in [0, 0.05) is 28.9 Å². The molecule has 5 nitrogen and oxygen atoms in total. The summed E-state index contributed by atoms with van der Waals surface area (Å²) in [4.78, 5) is 24.6. The van der Waals surface area contributed by atoms with Crippen molar-refractivity contribution in [3.63, 3.8) is 0 Å². The minimum atomic E-state index is -4.52. The van der Waals surface area contributed by atoms with Gasteiger partial charge in [-0.1, -0.05) is 12.1 Å². The van der Waals surface area contributed by atoms with Crippen molar-refractivity contribution in [1.82, 2.24) is 0 Å². The van der Waals surface area contributed by atoms with Gasteiger partial charge in [0.05, 0.1) is 5.56 Å². The second kappa shape index (κ2) is 9.28. The number of benzene rings is 2. The van der Waals surface area contributed by atoms with Crippen LogP contribution in [0.1, 0.15) is 35.2 Å². The first kappa shape index (κ1) is 22.7. The first-order chi connectivity index (χ1) is 13.2. The summed E-state index contributed by atoms with van der Waals surface area (Å²) in [6, 6.07) is 10.7. The third-order valence-electron chi connectivity index (χ3n) is 4.68. The number of hydrogen-bond acceptors (Lipinski definition) is 3. The smallest absolute Gasteiger partial charge is 0.328 e. The highest BCUT2D eigenvalue weighted by molar-refractivity contribution is 6.04. The number of hydrogen-bond donors (Lipinski definition) is 3. The molecule has 0 bridgehead atoms. The predicted molar refractivity (Wildman–Crippen MR) is 107 cm³/mol. The Morgan fingerprint density at radius 3 is 2.24 bits per heavy atom. The van der Waals surface area contributed by atoms with Crippen LogP contribution in [0.15, 0.2) is 48.5 Å². The first-order valence-corrected chi connectivity index (χ1v) is 8.87. The lowest BCUT2D eigenvalue weighted by atomic mass is 10.1. The first-order valence-electron chi connectivity index (χ1n) is 8.87. The van der Waals surface area contributed by atoms with E-state index >= 15 is 0 Å². The van der Waals surface area contributed by atoms with Gasteiger partial charge >= 0.3 is 6.18 Å². The number of halogens is 4. The fraction of sp³-hybridized carbons (Fsp3) is 0.300. The Morgan fingerprint density at radius 1 is 0.966 bits per heavy atom. The van der Waals surface area contributed by atoms with Crippen molar-refractivity contribution in [1.29, 1.82) is 0 Å². The second-order valence-electron chi connectivity index (χ2n) is 6.87. The lowest BCUT2D eigenvalue weighted by molar-refractivity contribution is -0.137. The maximum Gasteiger partial charge on any atom is 0.416 e. The Labute approximate surface area is 172 Å². The molecule has 4 N–H and O–H groups in total. The number of amides is 2. The van der Waals surface area contributed by atoms with Crippen molar-refractivity contribution < 1.29 is 22.8 Å². The van der Waals surface area contributed by atoms with Crippen LogP contribution in [0, 0.1) is 5.92 Å². The minimum absolute atomic E-state index is 0. The highest BCUT2D eigenvalue weighted by atomic mass is 35.5. The number of nitrogens with two attached hydrogens (primary N) is 1. The Bertz CT molecular complexity index is 889. The van der Waals surface area contributed by atoms with Gasteiger partial charge in [-0.3, -0.25) is 9.59 Å². The number of anilines is 2. The number of nitrogens with one attached hydrogen (secondary N) is 2. The zero-order chi connectivity index (χ0) is 20.3. The van der Waals surface area contributed by atoms with Crippen LogP contribution in [-0.4, -0.2) is 17.9 Å². The van der Waals surface area contributed by atoms with Crippen LogP contribution in [-0.2, 0) is 11.0 Å². The highest BCUT2D eigenvalue weighted by Crippen LogP contribution is 2.30. The SMILES string of the molecule is Cl.NC1CCC(C(=O)Nc2cccc(NC(=O)c3cccc(C(F)(F)F)c3)c2)C1. The molecule has 1 aliphatic rings. The van der Waals surface area contributed by atoms with Gasteiger partial charge in [-0.25, -0.2) is 0 Å².